The zero-order valence-corrected chi connectivity index (χ0v) is 15.1. The van der Waals surface area contributed by atoms with Crippen LogP contribution in [0.5, 0.6) is 0 Å². The lowest BCUT2D eigenvalue weighted by Gasteiger charge is -2.11. The fourth-order valence-corrected chi connectivity index (χ4v) is 3.68. The van der Waals surface area contributed by atoms with E-state index in [0.29, 0.717) is 5.92 Å². The molecule has 2 aromatic heterocycles. The topological polar surface area (TPSA) is 34.0 Å². The first kappa shape index (κ1) is 16.8. The van der Waals surface area contributed by atoms with Gasteiger partial charge in [0.05, 0.1) is 10.2 Å². The van der Waals surface area contributed by atoms with Gasteiger partial charge in [-0.1, -0.05) is 44.2 Å². The Hall–Kier alpha value is -2.07. The van der Waals surface area contributed by atoms with Crippen molar-refractivity contribution < 1.29 is 4.79 Å². The van der Waals surface area contributed by atoms with Crippen molar-refractivity contribution in [2.45, 2.75) is 33.2 Å². The number of rotatable bonds is 7. The molecule has 0 bridgehead atoms. The Labute approximate surface area is 147 Å². The predicted octanol–water partition coefficient (Wildman–Crippen LogP) is 4.72. The van der Waals surface area contributed by atoms with E-state index in [1.54, 1.807) is 11.3 Å². The molecule has 0 atom stereocenters. The molecule has 126 valence electrons. The van der Waals surface area contributed by atoms with Gasteiger partial charge in [0, 0.05) is 13.1 Å². The Kier molecular flexibility index (Phi) is 5.36. The number of benzene rings is 1. The maximum Gasteiger partial charge on any atom is 0.267 e. The number of thiophene rings is 1. The summed E-state index contributed by atoms with van der Waals surface area (Å²) in [6.07, 6.45) is 1.93. The van der Waals surface area contributed by atoms with Gasteiger partial charge in [-0.15, -0.1) is 11.3 Å². The number of nitrogens with one attached hydrogen (secondary N) is 1. The quantitative estimate of drug-likeness (QED) is 0.663. The van der Waals surface area contributed by atoms with Crippen LogP contribution in [-0.4, -0.2) is 17.0 Å². The molecule has 24 heavy (non-hydrogen) atoms. The molecule has 2 heterocycles. The van der Waals surface area contributed by atoms with Crippen molar-refractivity contribution in [2.24, 2.45) is 5.92 Å². The minimum Gasteiger partial charge on any atom is -0.351 e. The summed E-state index contributed by atoms with van der Waals surface area (Å²) in [5.74, 6) is 0.630. The molecule has 3 aromatic rings. The normalized spacial score (nSPS) is 11.3. The van der Waals surface area contributed by atoms with Crippen molar-refractivity contribution in [3.05, 3.63) is 59.1 Å². The third kappa shape index (κ3) is 3.88. The third-order valence-corrected chi connectivity index (χ3v) is 5.08. The molecule has 0 aliphatic heterocycles. The maximum absolute atomic E-state index is 12.6. The van der Waals surface area contributed by atoms with Crippen LogP contribution in [0.25, 0.3) is 10.2 Å². The molecule has 0 fully saturated rings. The second-order valence-corrected chi connectivity index (χ2v) is 7.47. The molecule has 0 aliphatic rings. The van der Waals surface area contributed by atoms with E-state index in [4.69, 9.17) is 0 Å². The van der Waals surface area contributed by atoms with Crippen LogP contribution < -0.4 is 5.32 Å². The molecule has 0 spiro atoms. The van der Waals surface area contributed by atoms with Crippen molar-refractivity contribution in [1.29, 1.82) is 0 Å². The smallest absolute Gasteiger partial charge is 0.267 e. The Bertz CT molecular complexity index is 802. The first-order chi connectivity index (χ1) is 11.6. The summed E-state index contributed by atoms with van der Waals surface area (Å²) in [7, 11) is 0. The molecular formula is C20H24N2OS. The van der Waals surface area contributed by atoms with Gasteiger partial charge in [0.25, 0.3) is 5.91 Å². The van der Waals surface area contributed by atoms with Crippen molar-refractivity contribution >= 4 is 27.5 Å². The third-order valence-electron chi connectivity index (χ3n) is 4.23. The number of hydrogen-bond acceptors (Lipinski definition) is 2. The van der Waals surface area contributed by atoms with Crippen LogP contribution in [0.2, 0.25) is 0 Å². The van der Waals surface area contributed by atoms with Gasteiger partial charge in [0.15, 0.2) is 0 Å². The van der Waals surface area contributed by atoms with Crippen LogP contribution >= 0.6 is 11.3 Å². The monoisotopic (exact) mass is 340 g/mol. The molecule has 1 amide bonds. The zero-order valence-electron chi connectivity index (χ0n) is 14.3. The van der Waals surface area contributed by atoms with E-state index in [1.807, 2.05) is 12.1 Å². The lowest BCUT2D eigenvalue weighted by molar-refractivity contribution is 0.0943. The van der Waals surface area contributed by atoms with Crippen molar-refractivity contribution in [3.8, 4) is 0 Å². The van der Waals surface area contributed by atoms with Crippen LogP contribution in [0.15, 0.2) is 47.8 Å². The molecule has 0 saturated heterocycles. The molecular weight excluding hydrogens is 316 g/mol. The molecule has 1 aromatic carbocycles. The van der Waals surface area contributed by atoms with Gasteiger partial charge in [-0.3, -0.25) is 4.79 Å². The van der Waals surface area contributed by atoms with Crippen LogP contribution in [0.4, 0.5) is 0 Å². The number of aryl methyl sites for hydroxylation is 2. The molecule has 0 radical (unpaired) electrons. The second-order valence-electron chi connectivity index (χ2n) is 6.53. The van der Waals surface area contributed by atoms with Gasteiger partial charge in [-0.2, -0.15) is 0 Å². The Morgan fingerprint density at radius 1 is 1.21 bits per heavy atom. The van der Waals surface area contributed by atoms with E-state index in [1.165, 1.54) is 10.3 Å². The highest BCUT2D eigenvalue weighted by Crippen LogP contribution is 2.25. The number of carbonyl (C=O) groups is 1. The summed E-state index contributed by atoms with van der Waals surface area (Å²) in [4.78, 5) is 12.6. The van der Waals surface area contributed by atoms with E-state index in [2.05, 4.69) is 59.4 Å². The highest BCUT2D eigenvalue weighted by molar-refractivity contribution is 7.17. The van der Waals surface area contributed by atoms with E-state index < -0.39 is 0 Å². The van der Waals surface area contributed by atoms with Crippen LogP contribution in [0.3, 0.4) is 0 Å². The number of aromatic nitrogens is 1. The summed E-state index contributed by atoms with van der Waals surface area (Å²) in [5, 5.41) is 5.15. The molecule has 0 saturated carbocycles. The van der Waals surface area contributed by atoms with Crippen LogP contribution in [0, 0.1) is 5.92 Å². The summed E-state index contributed by atoms with van der Waals surface area (Å²) < 4.78 is 3.33. The van der Waals surface area contributed by atoms with E-state index in [0.717, 1.165) is 37.1 Å². The van der Waals surface area contributed by atoms with E-state index >= 15 is 0 Å². The maximum atomic E-state index is 12.6. The van der Waals surface area contributed by atoms with Crippen molar-refractivity contribution in [3.63, 3.8) is 0 Å². The Morgan fingerprint density at radius 2 is 2.00 bits per heavy atom. The largest absolute Gasteiger partial charge is 0.351 e. The summed E-state index contributed by atoms with van der Waals surface area (Å²) >= 11 is 1.69. The average molecular weight is 340 g/mol. The zero-order chi connectivity index (χ0) is 16.9. The van der Waals surface area contributed by atoms with Gasteiger partial charge < -0.3 is 9.88 Å². The van der Waals surface area contributed by atoms with Gasteiger partial charge in [0.1, 0.15) is 5.69 Å². The van der Waals surface area contributed by atoms with Gasteiger partial charge in [-0.05, 0) is 41.8 Å². The van der Waals surface area contributed by atoms with Crippen molar-refractivity contribution in [1.82, 2.24) is 9.88 Å². The highest BCUT2D eigenvalue weighted by Gasteiger charge is 2.16. The fourth-order valence-electron chi connectivity index (χ4n) is 2.86. The number of carbonyl (C=O) groups excluding carboxylic acids is 1. The summed E-state index contributed by atoms with van der Waals surface area (Å²) in [5.41, 5.74) is 3.22. The first-order valence-corrected chi connectivity index (χ1v) is 9.42. The van der Waals surface area contributed by atoms with E-state index in [-0.39, 0.29) is 5.91 Å². The number of fused-ring (bicyclic) bond motifs is 1. The molecule has 4 heteroatoms. The van der Waals surface area contributed by atoms with Crippen molar-refractivity contribution in [2.75, 3.05) is 6.54 Å². The Balaban J connectivity index is 1.77. The highest BCUT2D eigenvalue weighted by atomic mass is 32.1. The lowest BCUT2D eigenvalue weighted by atomic mass is 10.1. The van der Waals surface area contributed by atoms with Crippen LogP contribution in [0.1, 0.15) is 36.3 Å². The van der Waals surface area contributed by atoms with Gasteiger partial charge >= 0.3 is 0 Å². The Morgan fingerprint density at radius 3 is 2.75 bits per heavy atom. The molecule has 3 rings (SSSR count). The fraction of sp³-hybridized carbons (Fsp3) is 0.350. The molecule has 0 aliphatic carbocycles. The van der Waals surface area contributed by atoms with Crippen LogP contribution in [-0.2, 0) is 13.0 Å². The standard InChI is InChI=1S/C20H24N2OS/c1-15(2)8-11-21-20(23)18-14-19-17(10-13-24-19)22(18)12-9-16-6-4-3-5-7-16/h3-7,10,13-15H,8-9,11-12H2,1-2H3,(H,21,23). The predicted molar refractivity (Wildman–Crippen MR) is 102 cm³/mol. The van der Waals surface area contributed by atoms with Gasteiger partial charge in [-0.25, -0.2) is 0 Å². The number of nitrogens with zero attached hydrogens (tertiary/aromatic N) is 1. The minimum atomic E-state index is 0.0344. The first-order valence-electron chi connectivity index (χ1n) is 8.54. The molecule has 1 N–H and O–H groups in total. The lowest BCUT2D eigenvalue weighted by Crippen LogP contribution is -2.27. The number of amides is 1. The summed E-state index contributed by atoms with van der Waals surface area (Å²) in [6.45, 7) is 5.89. The SMILES string of the molecule is CC(C)CCNC(=O)c1cc2sccc2n1CCc1ccccc1. The summed E-state index contributed by atoms with van der Waals surface area (Å²) in [6, 6.07) is 14.6. The number of hydrogen-bond donors (Lipinski definition) is 1. The van der Waals surface area contributed by atoms with E-state index in [9.17, 15) is 4.79 Å². The molecule has 0 unspecified atom stereocenters. The minimum absolute atomic E-state index is 0.0344. The molecule has 3 nitrogen and oxygen atoms in total. The van der Waals surface area contributed by atoms with Gasteiger partial charge in [0.2, 0.25) is 0 Å². The second kappa shape index (κ2) is 7.67. The average Bonchev–Trinajstić information content (AvgIpc) is 3.14.